The van der Waals surface area contributed by atoms with Crippen LogP contribution in [-0.2, 0) is 0 Å². The third-order valence-electron chi connectivity index (χ3n) is 6.98. The number of halogens is 2. The summed E-state index contributed by atoms with van der Waals surface area (Å²) in [7, 11) is 0. The molecule has 5 heteroatoms. The molecule has 0 spiro atoms. The lowest BCUT2D eigenvalue weighted by molar-refractivity contribution is 0.243. The average Bonchev–Trinajstić information content (AvgIpc) is 3.43. The van der Waals surface area contributed by atoms with Gasteiger partial charge in [-0.25, -0.2) is 8.78 Å². The second-order valence-corrected chi connectivity index (χ2v) is 10.3. The first kappa shape index (κ1) is 21.0. The first-order valence-electron chi connectivity index (χ1n) is 11.5. The number of thiophene rings is 1. The molecule has 0 aliphatic heterocycles. The molecule has 2 nitrogen and oxygen atoms in total. The molecule has 1 heterocycles. The van der Waals surface area contributed by atoms with Crippen LogP contribution >= 0.6 is 11.3 Å². The lowest BCUT2D eigenvalue weighted by Crippen LogP contribution is -2.17. The Morgan fingerprint density at radius 2 is 1.42 bits per heavy atom. The Morgan fingerprint density at radius 1 is 0.839 bits per heavy atom. The summed E-state index contributed by atoms with van der Waals surface area (Å²) in [5.41, 5.74) is 0. The zero-order valence-electron chi connectivity index (χ0n) is 18.0. The van der Waals surface area contributed by atoms with Crippen molar-refractivity contribution < 1.29 is 18.3 Å². The van der Waals surface area contributed by atoms with Crippen LogP contribution < -0.4 is 9.47 Å². The smallest absolute Gasteiger partial charge is 0.182 e. The van der Waals surface area contributed by atoms with Gasteiger partial charge in [0.1, 0.15) is 0 Å². The fourth-order valence-corrected chi connectivity index (χ4v) is 6.06. The molecular formula is C26H29F2O2S. The lowest BCUT2D eigenvalue weighted by Gasteiger charge is -2.25. The Morgan fingerprint density at radius 3 is 2.03 bits per heavy atom. The van der Waals surface area contributed by atoms with E-state index in [4.69, 9.17) is 9.47 Å². The lowest BCUT2D eigenvalue weighted by atomic mass is 9.83. The average molecular weight is 444 g/mol. The van der Waals surface area contributed by atoms with Crippen molar-refractivity contribution >= 4 is 31.5 Å². The van der Waals surface area contributed by atoms with E-state index in [1.165, 1.54) is 31.6 Å². The van der Waals surface area contributed by atoms with Crippen LogP contribution in [0.25, 0.3) is 20.2 Å². The van der Waals surface area contributed by atoms with E-state index < -0.39 is 5.82 Å². The van der Waals surface area contributed by atoms with Gasteiger partial charge in [0.05, 0.1) is 22.6 Å². The summed E-state index contributed by atoms with van der Waals surface area (Å²) >= 11 is 1.15. The van der Waals surface area contributed by atoms with Crippen molar-refractivity contribution in [1.82, 2.24) is 0 Å². The van der Waals surface area contributed by atoms with E-state index in [-0.39, 0.29) is 17.3 Å². The standard InChI is InChI=1S/C26H29F2O2S/c1-16-6-8-18(9-7-16)15-30-22-13-11-20-19-10-12-21(29-14-17-4-2-3-5-17)23(27)25(19)31-26(20)24(22)28/h10-13,16-17H,2-9,14-15H2,1H3. The highest BCUT2D eigenvalue weighted by molar-refractivity contribution is 7.25. The summed E-state index contributed by atoms with van der Waals surface area (Å²) in [6.07, 6.45) is 9.24. The Bertz CT molecular complexity index is 1060. The van der Waals surface area contributed by atoms with Crippen molar-refractivity contribution in [3.8, 4) is 11.5 Å². The summed E-state index contributed by atoms with van der Waals surface area (Å²) < 4.78 is 42.9. The molecule has 1 aromatic heterocycles. The summed E-state index contributed by atoms with van der Waals surface area (Å²) in [5, 5.41) is 1.46. The summed E-state index contributed by atoms with van der Waals surface area (Å²) in [5.74, 6) is 2.37. The van der Waals surface area contributed by atoms with E-state index >= 15 is 8.78 Å². The minimum atomic E-state index is -0.392. The third-order valence-corrected chi connectivity index (χ3v) is 8.19. The molecule has 2 aliphatic carbocycles. The van der Waals surface area contributed by atoms with Crippen LogP contribution in [0.1, 0.15) is 58.3 Å². The van der Waals surface area contributed by atoms with Gasteiger partial charge in [-0.2, -0.15) is 0 Å². The van der Waals surface area contributed by atoms with Gasteiger partial charge >= 0.3 is 0 Å². The molecule has 31 heavy (non-hydrogen) atoms. The maximum atomic E-state index is 15.2. The molecule has 5 rings (SSSR count). The Hall–Kier alpha value is -1.88. The highest BCUT2D eigenvalue weighted by Gasteiger charge is 2.22. The van der Waals surface area contributed by atoms with E-state index in [0.29, 0.717) is 28.5 Å². The predicted octanol–water partition coefficient (Wildman–Crippen LogP) is 8.07. The molecule has 0 atom stereocenters. The molecule has 1 radical (unpaired) electrons. The van der Waals surface area contributed by atoms with Gasteiger partial charge in [0, 0.05) is 16.7 Å². The monoisotopic (exact) mass is 443 g/mol. The zero-order chi connectivity index (χ0) is 21.4. The zero-order valence-corrected chi connectivity index (χ0v) is 18.8. The second kappa shape index (κ2) is 8.93. The van der Waals surface area contributed by atoms with Gasteiger partial charge in [0.15, 0.2) is 23.1 Å². The van der Waals surface area contributed by atoms with Crippen LogP contribution in [0.3, 0.4) is 0 Å². The maximum absolute atomic E-state index is 15.2. The van der Waals surface area contributed by atoms with Gasteiger partial charge in [0.25, 0.3) is 0 Å². The second-order valence-electron chi connectivity index (χ2n) is 9.29. The summed E-state index contributed by atoms with van der Waals surface area (Å²) in [6, 6.07) is 7.05. The molecule has 3 aromatic rings. The van der Waals surface area contributed by atoms with Crippen LogP contribution in [0.15, 0.2) is 24.3 Å². The van der Waals surface area contributed by atoms with Gasteiger partial charge < -0.3 is 9.47 Å². The van der Waals surface area contributed by atoms with Crippen molar-refractivity contribution in [3.05, 3.63) is 41.8 Å². The largest absolute Gasteiger partial charge is 0.490 e. The van der Waals surface area contributed by atoms with Crippen molar-refractivity contribution in [2.45, 2.75) is 58.3 Å². The van der Waals surface area contributed by atoms with Crippen LogP contribution in [0.4, 0.5) is 8.78 Å². The fraction of sp³-hybridized carbons (Fsp3) is 0.500. The fourth-order valence-electron chi connectivity index (χ4n) is 4.90. The molecule has 2 aliphatic rings. The van der Waals surface area contributed by atoms with Crippen LogP contribution in [-0.4, -0.2) is 13.2 Å². The van der Waals surface area contributed by atoms with Gasteiger partial charge in [-0.05, 0) is 61.8 Å². The quantitative estimate of drug-likeness (QED) is 0.383. The normalized spacial score (nSPS) is 18.9. The first-order chi connectivity index (χ1) is 15.1. The van der Waals surface area contributed by atoms with Crippen LogP contribution in [0.5, 0.6) is 11.5 Å². The molecule has 2 fully saturated rings. The first-order valence-corrected chi connectivity index (χ1v) is 12.3. The predicted molar refractivity (Wildman–Crippen MR) is 123 cm³/mol. The summed E-state index contributed by atoms with van der Waals surface area (Å²) in [4.78, 5) is 0. The highest BCUT2D eigenvalue weighted by atomic mass is 32.1. The molecule has 0 amide bonds. The molecule has 2 saturated carbocycles. The Balaban J connectivity index is 1.37. The topological polar surface area (TPSA) is 18.5 Å². The molecular weight excluding hydrogens is 414 g/mol. The minimum absolute atomic E-state index is 0.253. The van der Waals surface area contributed by atoms with Crippen molar-refractivity contribution in [2.24, 2.45) is 11.8 Å². The SMILES string of the molecule is CC1CC[C](COc2ccc3c(sc4c(F)c(OCC5CCCC5)ccc43)c2F)CC1. The van der Waals surface area contributed by atoms with E-state index in [1.807, 2.05) is 12.1 Å². The molecule has 0 bridgehead atoms. The molecule has 165 valence electrons. The number of ether oxygens (including phenoxy) is 2. The molecule has 0 unspecified atom stereocenters. The molecule has 0 saturated heterocycles. The van der Waals surface area contributed by atoms with Crippen LogP contribution in [0.2, 0.25) is 0 Å². The number of hydrogen-bond acceptors (Lipinski definition) is 3. The number of rotatable bonds is 6. The van der Waals surface area contributed by atoms with Crippen molar-refractivity contribution in [1.29, 1.82) is 0 Å². The van der Waals surface area contributed by atoms with Gasteiger partial charge in [0.2, 0.25) is 0 Å². The molecule has 2 aromatic carbocycles. The van der Waals surface area contributed by atoms with E-state index in [9.17, 15) is 0 Å². The van der Waals surface area contributed by atoms with E-state index in [1.54, 1.807) is 12.1 Å². The summed E-state index contributed by atoms with van der Waals surface area (Å²) in [6.45, 7) is 3.29. The number of benzene rings is 2. The van der Waals surface area contributed by atoms with Crippen molar-refractivity contribution in [3.63, 3.8) is 0 Å². The third kappa shape index (κ3) is 4.26. The van der Waals surface area contributed by atoms with Gasteiger partial charge in [-0.1, -0.05) is 32.6 Å². The Labute approximate surface area is 186 Å². The Kier molecular flexibility index (Phi) is 6.05. The number of fused-ring (bicyclic) bond motifs is 3. The maximum Gasteiger partial charge on any atom is 0.182 e. The van der Waals surface area contributed by atoms with Crippen LogP contribution in [0, 0.1) is 29.4 Å². The number of hydrogen-bond donors (Lipinski definition) is 0. The van der Waals surface area contributed by atoms with Crippen molar-refractivity contribution in [2.75, 3.05) is 13.2 Å². The van der Waals surface area contributed by atoms with E-state index in [0.717, 1.165) is 53.7 Å². The highest BCUT2D eigenvalue weighted by Crippen LogP contribution is 2.42. The van der Waals surface area contributed by atoms with Gasteiger partial charge in [-0.15, -0.1) is 11.3 Å². The van der Waals surface area contributed by atoms with E-state index in [2.05, 4.69) is 6.92 Å². The molecule has 0 N–H and O–H groups in total. The minimum Gasteiger partial charge on any atom is -0.490 e. The van der Waals surface area contributed by atoms with Gasteiger partial charge in [-0.3, -0.25) is 0 Å².